The van der Waals surface area contributed by atoms with E-state index in [1.54, 1.807) is 12.1 Å². The molecule has 1 atom stereocenters. The number of benzene rings is 1. The van der Waals surface area contributed by atoms with E-state index in [4.69, 9.17) is 0 Å². The van der Waals surface area contributed by atoms with Crippen molar-refractivity contribution in [1.29, 1.82) is 0 Å². The van der Waals surface area contributed by atoms with Crippen LogP contribution in [0.1, 0.15) is 23.2 Å². The van der Waals surface area contributed by atoms with E-state index < -0.39 is 5.82 Å². The minimum absolute atomic E-state index is 0.0909. The SMILES string of the molecule is O=C(NCC1CCCNC1)c1cccc(Br)c1F. The van der Waals surface area contributed by atoms with Crippen molar-refractivity contribution in [2.45, 2.75) is 12.8 Å². The molecule has 1 aliphatic heterocycles. The molecule has 1 aromatic rings. The number of piperidine rings is 1. The molecule has 0 saturated carbocycles. The van der Waals surface area contributed by atoms with Gasteiger partial charge < -0.3 is 10.6 Å². The number of carbonyl (C=O) groups is 1. The molecule has 3 nitrogen and oxygen atoms in total. The number of halogens is 2. The third-order valence-corrected chi connectivity index (χ3v) is 3.76. The Morgan fingerprint density at radius 1 is 1.56 bits per heavy atom. The van der Waals surface area contributed by atoms with Crippen molar-refractivity contribution in [2.75, 3.05) is 19.6 Å². The first-order chi connectivity index (χ1) is 8.68. The summed E-state index contributed by atoms with van der Waals surface area (Å²) in [5.74, 6) is -0.408. The van der Waals surface area contributed by atoms with Crippen LogP contribution in [0.5, 0.6) is 0 Å². The van der Waals surface area contributed by atoms with Crippen LogP contribution >= 0.6 is 15.9 Å². The second-order valence-electron chi connectivity index (χ2n) is 4.52. The molecule has 98 valence electrons. The molecule has 2 N–H and O–H groups in total. The molecule has 1 saturated heterocycles. The highest BCUT2D eigenvalue weighted by atomic mass is 79.9. The van der Waals surface area contributed by atoms with Crippen LogP contribution in [-0.2, 0) is 0 Å². The molecule has 0 bridgehead atoms. The van der Waals surface area contributed by atoms with Gasteiger partial charge in [0.15, 0.2) is 0 Å². The average Bonchev–Trinajstić information content (AvgIpc) is 2.40. The predicted molar refractivity (Wildman–Crippen MR) is 72.0 cm³/mol. The number of rotatable bonds is 3. The fourth-order valence-corrected chi connectivity index (χ4v) is 2.48. The highest BCUT2D eigenvalue weighted by Crippen LogP contribution is 2.18. The summed E-state index contributed by atoms with van der Waals surface area (Å²) in [6, 6.07) is 4.73. The molecule has 1 aliphatic rings. The molecule has 1 amide bonds. The van der Waals surface area contributed by atoms with Gasteiger partial charge in [-0.15, -0.1) is 0 Å². The molecular weight excluding hydrogens is 299 g/mol. The molecule has 18 heavy (non-hydrogen) atoms. The van der Waals surface area contributed by atoms with E-state index in [2.05, 4.69) is 26.6 Å². The molecule has 0 radical (unpaired) electrons. The second-order valence-corrected chi connectivity index (χ2v) is 5.38. The Morgan fingerprint density at radius 3 is 3.11 bits per heavy atom. The van der Waals surface area contributed by atoms with E-state index >= 15 is 0 Å². The highest BCUT2D eigenvalue weighted by molar-refractivity contribution is 9.10. The lowest BCUT2D eigenvalue weighted by Crippen LogP contribution is -2.38. The highest BCUT2D eigenvalue weighted by Gasteiger charge is 2.17. The van der Waals surface area contributed by atoms with Crippen LogP contribution in [0.15, 0.2) is 22.7 Å². The largest absolute Gasteiger partial charge is 0.352 e. The lowest BCUT2D eigenvalue weighted by atomic mass is 9.99. The fraction of sp³-hybridized carbons (Fsp3) is 0.462. The van der Waals surface area contributed by atoms with Crippen molar-refractivity contribution < 1.29 is 9.18 Å². The maximum atomic E-state index is 13.7. The van der Waals surface area contributed by atoms with E-state index in [1.807, 2.05) is 0 Å². The number of hydrogen-bond acceptors (Lipinski definition) is 2. The van der Waals surface area contributed by atoms with E-state index in [-0.39, 0.29) is 11.5 Å². The van der Waals surface area contributed by atoms with Gasteiger partial charge in [-0.1, -0.05) is 6.07 Å². The Balaban J connectivity index is 1.93. The lowest BCUT2D eigenvalue weighted by molar-refractivity contribution is 0.0940. The lowest BCUT2D eigenvalue weighted by Gasteiger charge is -2.22. The molecule has 0 aromatic heterocycles. The van der Waals surface area contributed by atoms with E-state index in [1.165, 1.54) is 6.07 Å². The van der Waals surface area contributed by atoms with Crippen LogP contribution in [0.4, 0.5) is 4.39 Å². The zero-order valence-corrected chi connectivity index (χ0v) is 11.6. The molecule has 1 aromatic carbocycles. The minimum Gasteiger partial charge on any atom is -0.352 e. The molecular formula is C13H16BrFN2O. The predicted octanol–water partition coefficient (Wildman–Crippen LogP) is 2.32. The quantitative estimate of drug-likeness (QED) is 0.899. The zero-order chi connectivity index (χ0) is 13.0. The van der Waals surface area contributed by atoms with Crippen molar-refractivity contribution in [3.63, 3.8) is 0 Å². The van der Waals surface area contributed by atoms with Gasteiger partial charge in [-0.3, -0.25) is 4.79 Å². The van der Waals surface area contributed by atoms with Crippen LogP contribution in [-0.4, -0.2) is 25.5 Å². The first kappa shape index (κ1) is 13.5. The number of amides is 1. The van der Waals surface area contributed by atoms with Crippen molar-refractivity contribution >= 4 is 21.8 Å². The molecule has 0 spiro atoms. The summed E-state index contributed by atoms with van der Waals surface area (Å²) >= 11 is 3.08. The molecule has 0 aliphatic carbocycles. The van der Waals surface area contributed by atoms with Gasteiger partial charge in [-0.25, -0.2) is 4.39 Å². The van der Waals surface area contributed by atoms with Gasteiger partial charge in [0.05, 0.1) is 10.0 Å². The number of hydrogen-bond donors (Lipinski definition) is 2. The van der Waals surface area contributed by atoms with Gasteiger partial charge in [0.25, 0.3) is 5.91 Å². The standard InChI is InChI=1S/C13H16BrFN2O/c14-11-5-1-4-10(12(11)15)13(18)17-8-9-3-2-6-16-7-9/h1,4-5,9,16H,2-3,6-8H2,(H,17,18). The van der Waals surface area contributed by atoms with Crippen molar-refractivity contribution in [2.24, 2.45) is 5.92 Å². The summed E-state index contributed by atoms with van der Waals surface area (Å²) in [5.41, 5.74) is 0.0909. The summed E-state index contributed by atoms with van der Waals surface area (Å²) in [7, 11) is 0. The second kappa shape index (κ2) is 6.29. The Bertz CT molecular complexity index is 433. The van der Waals surface area contributed by atoms with Crippen molar-refractivity contribution in [1.82, 2.24) is 10.6 Å². The molecule has 1 fully saturated rings. The molecule has 5 heteroatoms. The van der Waals surface area contributed by atoms with Crippen LogP contribution < -0.4 is 10.6 Å². The van der Waals surface area contributed by atoms with Gasteiger partial charge >= 0.3 is 0 Å². The summed E-state index contributed by atoms with van der Waals surface area (Å²) < 4.78 is 14.0. The fourth-order valence-electron chi connectivity index (χ4n) is 2.11. The Morgan fingerprint density at radius 2 is 2.39 bits per heavy atom. The first-order valence-electron chi connectivity index (χ1n) is 6.11. The van der Waals surface area contributed by atoms with E-state index in [9.17, 15) is 9.18 Å². The van der Waals surface area contributed by atoms with Crippen LogP contribution in [0.25, 0.3) is 0 Å². The third-order valence-electron chi connectivity index (χ3n) is 3.15. The maximum absolute atomic E-state index is 13.7. The first-order valence-corrected chi connectivity index (χ1v) is 6.90. The summed E-state index contributed by atoms with van der Waals surface area (Å²) in [6.07, 6.45) is 2.24. The Hall–Kier alpha value is -0.940. The van der Waals surface area contributed by atoms with Crippen LogP contribution in [0.3, 0.4) is 0 Å². The Kier molecular flexibility index (Phi) is 4.72. The van der Waals surface area contributed by atoms with Gasteiger partial charge in [0.1, 0.15) is 5.82 Å². The van der Waals surface area contributed by atoms with Crippen LogP contribution in [0, 0.1) is 11.7 Å². The van der Waals surface area contributed by atoms with Crippen molar-refractivity contribution in [3.05, 3.63) is 34.1 Å². The molecule has 2 rings (SSSR count). The summed E-state index contributed by atoms with van der Waals surface area (Å²) in [6.45, 7) is 2.56. The summed E-state index contributed by atoms with van der Waals surface area (Å²) in [5, 5.41) is 6.08. The van der Waals surface area contributed by atoms with Gasteiger partial charge in [0.2, 0.25) is 0 Å². The van der Waals surface area contributed by atoms with E-state index in [0.717, 1.165) is 25.9 Å². The maximum Gasteiger partial charge on any atom is 0.254 e. The average molecular weight is 315 g/mol. The number of carbonyl (C=O) groups excluding carboxylic acids is 1. The molecule has 1 heterocycles. The zero-order valence-electron chi connectivity index (χ0n) is 10.0. The van der Waals surface area contributed by atoms with Gasteiger partial charge in [-0.2, -0.15) is 0 Å². The van der Waals surface area contributed by atoms with Gasteiger partial charge in [0, 0.05) is 6.54 Å². The summed E-state index contributed by atoms with van der Waals surface area (Å²) in [4.78, 5) is 11.9. The third kappa shape index (κ3) is 3.29. The normalized spacial score (nSPS) is 19.6. The molecule has 1 unspecified atom stereocenters. The number of nitrogens with one attached hydrogen (secondary N) is 2. The smallest absolute Gasteiger partial charge is 0.254 e. The van der Waals surface area contributed by atoms with E-state index in [0.29, 0.717) is 16.9 Å². The van der Waals surface area contributed by atoms with Gasteiger partial charge in [-0.05, 0) is 59.9 Å². The monoisotopic (exact) mass is 314 g/mol. The van der Waals surface area contributed by atoms with Crippen molar-refractivity contribution in [3.8, 4) is 0 Å². The topological polar surface area (TPSA) is 41.1 Å². The minimum atomic E-state index is -0.503. The van der Waals surface area contributed by atoms with Crippen LogP contribution in [0.2, 0.25) is 0 Å². The Labute approximate surface area is 114 Å².